The van der Waals surface area contributed by atoms with Crippen LogP contribution in [-0.4, -0.2) is 14.5 Å². The predicted molar refractivity (Wildman–Crippen MR) is 94.1 cm³/mol. The first-order chi connectivity index (χ1) is 10.8. The van der Waals surface area contributed by atoms with E-state index in [2.05, 4.69) is 13.8 Å². The van der Waals surface area contributed by atoms with Gasteiger partial charge < -0.3 is 10.6 Å². The van der Waals surface area contributed by atoms with Gasteiger partial charge in [0, 0.05) is 6.04 Å². The topological polar surface area (TPSA) is 63.4 Å². The van der Waals surface area contributed by atoms with Gasteiger partial charge in [-0.05, 0) is 43.5 Å². The van der Waals surface area contributed by atoms with Crippen LogP contribution in [0, 0.1) is 0 Å². The highest BCUT2D eigenvalue weighted by Crippen LogP contribution is 2.49. The van der Waals surface area contributed by atoms with Crippen molar-refractivity contribution in [1.29, 1.82) is 0 Å². The summed E-state index contributed by atoms with van der Waals surface area (Å²) < 4.78 is 26.0. The minimum atomic E-state index is -3.55. The number of nitrogens with zero attached hydrogens (tertiary/aromatic N) is 1. The van der Waals surface area contributed by atoms with Crippen LogP contribution in [0.25, 0.3) is 0 Å². The summed E-state index contributed by atoms with van der Waals surface area (Å²) in [6.07, 6.45) is 0. The molecule has 122 valence electrons. The van der Waals surface area contributed by atoms with Gasteiger partial charge in [0.05, 0.1) is 26.9 Å². The second-order valence-corrected chi connectivity index (χ2v) is 8.39. The molecule has 1 heterocycles. The SMILES string of the molecule is CC(C)c1ccc2c(c1N)N(C(C)C)c1ccccc1S2(=O)=O. The molecule has 0 amide bonds. The van der Waals surface area contributed by atoms with Gasteiger partial charge in [-0.3, -0.25) is 0 Å². The minimum absolute atomic E-state index is 0.0927. The molecule has 0 saturated heterocycles. The van der Waals surface area contributed by atoms with E-state index < -0.39 is 9.84 Å². The predicted octanol–water partition coefficient (Wildman–Crippen LogP) is 4.08. The zero-order valence-electron chi connectivity index (χ0n) is 13.9. The molecule has 0 fully saturated rings. The number of fused-ring (bicyclic) bond motifs is 2. The monoisotopic (exact) mass is 330 g/mol. The third-order valence-electron chi connectivity index (χ3n) is 4.30. The van der Waals surface area contributed by atoms with Crippen molar-refractivity contribution in [3.63, 3.8) is 0 Å². The molecule has 1 aliphatic heterocycles. The molecule has 0 aromatic heterocycles. The lowest BCUT2D eigenvalue weighted by Crippen LogP contribution is -2.32. The standard InChI is InChI=1S/C18H22N2O2S/c1-11(2)13-9-10-16-18(17(13)19)20(12(3)4)14-7-5-6-8-15(14)23(16,21)22/h5-12H,19H2,1-4H3. The zero-order valence-corrected chi connectivity index (χ0v) is 14.7. The minimum Gasteiger partial charge on any atom is -0.397 e. The van der Waals surface area contributed by atoms with E-state index in [9.17, 15) is 8.42 Å². The van der Waals surface area contributed by atoms with E-state index in [4.69, 9.17) is 5.73 Å². The van der Waals surface area contributed by atoms with E-state index in [1.165, 1.54) is 0 Å². The van der Waals surface area contributed by atoms with Crippen molar-refractivity contribution >= 4 is 26.9 Å². The zero-order chi connectivity index (χ0) is 16.9. The van der Waals surface area contributed by atoms with Crippen molar-refractivity contribution in [2.45, 2.75) is 49.4 Å². The summed E-state index contributed by atoms with van der Waals surface area (Å²) >= 11 is 0. The van der Waals surface area contributed by atoms with Gasteiger partial charge in [-0.1, -0.05) is 32.0 Å². The molecule has 5 heteroatoms. The van der Waals surface area contributed by atoms with Crippen molar-refractivity contribution in [3.05, 3.63) is 42.0 Å². The van der Waals surface area contributed by atoms with Crippen molar-refractivity contribution in [1.82, 2.24) is 0 Å². The van der Waals surface area contributed by atoms with Crippen LogP contribution in [0.5, 0.6) is 0 Å². The van der Waals surface area contributed by atoms with Crippen LogP contribution >= 0.6 is 0 Å². The number of anilines is 3. The molecule has 0 spiro atoms. The van der Waals surface area contributed by atoms with E-state index >= 15 is 0 Å². The number of benzene rings is 2. The van der Waals surface area contributed by atoms with Gasteiger partial charge in [-0.2, -0.15) is 0 Å². The Hall–Kier alpha value is -2.01. The summed E-state index contributed by atoms with van der Waals surface area (Å²) in [7, 11) is -3.55. The Morgan fingerprint density at radius 3 is 2.22 bits per heavy atom. The third-order valence-corrected chi connectivity index (χ3v) is 6.13. The van der Waals surface area contributed by atoms with Gasteiger partial charge in [0.1, 0.15) is 0 Å². The fourth-order valence-corrected chi connectivity index (χ4v) is 4.88. The van der Waals surface area contributed by atoms with Crippen LogP contribution in [0.15, 0.2) is 46.2 Å². The van der Waals surface area contributed by atoms with E-state index in [0.717, 1.165) is 5.56 Å². The molecular formula is C18H22N2O2S. The molecule has 2 N–H and O–H groups in total. The number of hydrogen-bond acceptors (Lipinski definition) is 4. The first kappa shape index (κ1) is 15.9. The summed E-state index contributed by atoms with van der Waals surface area (Å²) in [5, 5.41) is 0. The van der Waals surface area contributed by atoms with Crippen molar-refractivity contribution in [3.8, 4) is 0 Å². The number of nitrogen functional groups attached to an aromatic ring is 1. The largest absolute Gasteiger partial charge is 0.397 e. The third kappa shape index (κ3) is 2.22. The molecule has 4 nitrogen and oxygen atoms in total. The highest BCUT2D eigenvalue weighted by molar-refractivity contribution is 7.92. The molecule has 0 atom stereocenters. The van der Waals surface area contributed by atoms with Crippen molar-refractivity contribution < 1.29 is 8.42 Å². The Labute approximate surface area is 137 Å². The Balaban J connectivity index is 2.43. The smallest absolute Gasteiger partial charge is 0.210 e. The summed E-state index contributed by atoms with van der Waals surface area (Å²) in [6.45, 7) is 8.20. The highest BCUT2D eigenvalue weighted by Gasteiger charge is 2.37. The van der Waals surface area contributed by atoms with E-state index in [1.54, 1.807) is 18.2 Å². The fraction of sp³-hybridized carbons (Fsp3) is 0.333. The summed E-state index contributed by atoms with van der Waals surface area (Å²) in [5.74, 6) is 0.231. The summed E-state index contributed by atoms with van der Waals surface area (Å²) in [6, 6.07) is 10.7. The Morgan fingerprint density at radius 2 is 1.61 bits per heavy atom. The molecule has 2 aromatic carbocycles. The maximum Gasteiger partial charge on any atom is 0.210 e. The molecule has 0 unspecified atom stereocenters. The van der Waals surface area contributed by atoms with Crippen LogP contribution in [-0.2, 0) is 9.84 Å². The van der Waals surface area contributed by atoms with E-state index in [-0.39, 0.29) is 12.0 Å². The number of rotatable bonds is 2. The van der Waals surface area contributed by atoms with E-state index in [0.29, 0.717) is 26.9 Å². The van der Waals surface area contributed by atoms with Gasteiger partial charge in [0.15, 0.2) is 0 Å². The van der Waals surface area contributed by atoms with E-state index in [1.807, 2.05) is 36.9 Å². The summed E-state index contributed by atoms with van der Waals surface area (Å²) in [5.41, 5.74) is 9.25. The molecule has 0 saturated carbocycles. The Kier molecular flexibility index (Phi) is 3.64. The second-order valence-electron chi connectivity index (χ2n) is 6.50. The average Bonchev–Trinajstić information content (AvgIpc) is 2.48. The number of nitrogens with two attached hydrogens (primary N) is 1. The molecule has 0 aliphatic carbocycles. The molecular weight excluding hydrogens is 308 g/mol. The molecule has 2 aromatic rings. The van der Waals surface area contributed by atoms with Gasteiger partial charge in [-0.15, -0.1) is 0 Å². The summed E-state index contributed by atoms with van der Waals surface area (Å²) in [4.78, 5) is 2.68. The lowest BCUT2D eigenvalue weighted by Gasteiger charge is -2.37. The first-order valence-corrected chi connectivity index (χ1v) is 9.30. The van der Waals surface area contributed by atoms with Gasteiger partial charge in [0.2, 0.25) is 9.84 Å². The van der Waals surface area contributed by atoms with Gasteiger partial charge in [0.25, 0.3) is 0 Å². The van der Waals surface area contributed by atoms with Crippen LogP contribution in [0.4, 0.5) is 17.1 Å². The maximum atomic E-state index is 13.0. The maximum absolute atomic E-state index is 13.0. The number of sulfone groups is 1. The fourth-order valence-electron chi connectivity index (χ4n) is 3.23. The van der Waals surface area contributed by atoms with Gasteiger partial charge in [-0.25, -0.2) is 8.42 Å². The number of para-hydroxylation sites is 1. The second kappa shape index (κ2) is 5.27. The van der Waals surface area contributed by atoms with Crippen molar-refractivity contribution in [2.75, 3.05) is 10.6 Å². The quantitative estimate of drug-likeness (QED) is 0.843. The van der Waals surface area contributed by atoms with Gasteiger partial charge >= 0.3 is 0 Å². The molecule has 1 aliphatic rings. The van der Waals surface area contributed by atoms with Crippen LogP contribution in [0.3, 0.4) is 0 Å². The first-order valence-electron chi connectivity index (χ1n) is 7.82. The lowest BCUT2D eigenvalue weighted by molar-refractivity contribution is 0.592. The van der Waals surface area contributed by atoms with Crippen molar-refractivity contribution in [2.24, 2.45) is 0 Å². The molecule has 0 radical (unpaired) electrons. The molecule has 23 heavy (non-hydrogen) atoms. The normalized spacial score (nSPS) is 15.7. The Bertz CT molecular complexity index is 871. The number of hydrogen-bond donors (Lipinski definition) is 1. The average molecular weight is 330 g/mol. The molecule has 3 rings (SSSR count). The lowest BCUT2D eigenvalue weighted by atomic mass is 9.99. The Morgan fingerprint density at radius 1 is 0.957 bits per heavy atom. The highest BCUT2D eigenvalue weighted by atomic mass is 32.2. The van der Waals surface area contributed by atoms with Crippen LogP contribution < -0.4 is 10.6 Å². The van der Waals surface area contributed by atoms with Crippen LogP contribution in [0.1, 0.15) is 39.2 Å². The van der Waals surface area contributed by atoms with Crippen LogP contribution in [0.2, 0.25) is 0 Å². The molecule has 0 bridgehead atoms.